The predicted molar refractivity (Wildman–Crippen MR) is 118 cm³/mol. The first-order chi connectivity index (χ1) is 15.0. The van der Waals surface area contributed by atoms with Crippen LogP contribution in [-0.4, -0.2) is 46.6 Å². The van der Waals surface area contributed by atoms with E-state index in [2.05, 4.69) is 16.4 Å². The molecule has 2 amide bonds. The summed E-state index contributed by atoms with van der Waals surface area (Å²) < 4.78 is 0. The van der Waals surface area contributed by atoms with Gasteiger partial charge in [-0.2, -0.15) is 5.26 Å². The van der Waals surface area contributed by atoms with E-state index >= 15 is 0 Å². The van der Waals surface area contributed by atoms with Crippen molar-refractivity contribution in [2.75, 3.05) is 19.6 Å². The Bertz CT molecular complexity index is 1200. The zero-order chi connectivity index (χ0) is 21.8. The van der Waals surface area contributed by atoms with Crippen LogP contribution in [0.15, 0.2) is 54.7 Å². The van der Waals surface area contributed by atoms with Crippen molar-refractivity contribution in [3.05, 3.63) is 77.0 Å². The van der Waals surface area contributed by atoms with Crippen molar-refractivity contribution >= 4 is 28.5 Å². The standard InChI is InChI=1S/C24H22N4O3/c25-14-20-15-27-22-6-1-16(13-21(20)22)7-10-26-23(29)19-4-2-17(3-5-19)18-8-11-28(12-9-18)24(30)31/h1-6,8,13,15,27H,7,9-12H2,(H,26,29)(H,30,31). The average Bonchev–Trinajstić information content (AvgIpc) is 3.21. The molecule has 0 bridgehead atoms. The summed E-state index contributed by atoms with van der Waals surface area (Å²) in [7, 11) is 0. The topological polar surface area (TPSA) is 109 Å². The lowest BCUT2D eigenvalue weighted by molar-refractivity contribution is 0.0954. The number of aromatic nitrogens is 1. The predicted octanol–water partition coefficient (Wildman–Crippen LogP) is 3.78. The number of aromatic amines is 1. The molecule has 0 saturated heterocycles. The molecular formula is C24H22N4O3. The second-order valence-corrected chi connectivity index (χ2v) is 7.49. The number of hydrogen-bond acceptors (Lipinski definition) is 3. The summed E-state index contributed by atoms with van der Waals surface area (Å²) in [5.41, 5.74) is 5.29. The van der Waals surface area contributed by atoms with Gasteiger partial charge in [0.05, 0.1) is 5.56 Å². The summed E-state index contributed by atoms with van der Waals surface area (Å²) >= 11 is 0. The lowest BCUT2D eigenvalue weighted by Crippen LogP contribution is -2.33. The molecular weight excluding hydrogens is 392 g/mol. The maximum absolute atomic E-state index is 12.5. The monoisotopic (exact) mass is 414 g/mol. The number of amides is 2. The molecule has 0 atom stereocenters. The number of carbonyl (C=O) groups excluding carboxylic acids is 1. The Morgan fingerprint density at radius 1 is 1.19 bits per heavy atom. The number of carboxylic acid groups (broad SMARTS) is 1. The van der Waals surface area contributed by atoms with Crippen molar-refractivity contribution in [3.8, 4) is 6.07 Å². The minimum Gasteiger partial charge on any atom is -0.465 e. The lowest BCUT2D eigenvalue weighted by Gasteiger charge is -2.23. The zero-order valence-corrected chi connectivity index (χ0v) is 16.9. The van der Waals surface area contributed by atoms with Gasteiger partial charge in [0.2, 0.25) is 0 Å². The van der Waals surface area contributed by atoms with Crippen LogP contribution < -0.4 is 5.32 Å². The van der Waals surface area contributed by atoms with Crippen molar-refractivity contribution in [2.24, 2.45) is 0 Å². The highest BCUT2D eigenvalue weighted by Crippen LogP contribution is 2.23. The number of carbonyl (C=O) groups is 2. The molecule has 1 aromatic heterocycles. The number of nitriles is 1. The molecule has 3 aromatic rings. The van der Waals surface area contributed by atoms with Gasteiger partial charge in [0, 0.05) is 42.3 Å². The fraction of sp³-hybridized carbons (Fsp3) is 0.208. The highest BCUT2D eigenvalue weighted by atomic mass is 16.4. The Labute approximate surface area is 179 Å². The van der Waals surface area contributed by atoms with Crippen molar-refractivity contribution in [2.45, 2.75) is 12.8 Å². The van der Waals surface area contributed by atoms with E-state index < -0.39 is 6.09 Å². The second kappa shape index (κ2) is 8.76. The molecule has 0 radical (unpaired) electrons. The number of rotatable bonds is 5. The van der Waals surface area contributed by atoms with Gasteiger partial charge >= 0.3 is 6.09 Å². The molecule has 0 fully saturated rings. The Morgan fingerprint density at radius 3 is 2.68 bits per heavy atom. The lowest BCUT2D eigenvalue weighted by atomic mass is 9.98. The Hall–Kier alpha value is -4.05. The van der Waals surface area contributed by atoms with E-state index in [9.17, 15) is 14.9 Å². The van der Waals surface area contributed by atoms with Crippen molar-refractivity contribution < 1.29 is 14.7 Å². The van der Waals surface area contributed by atoms with E-state index in [-0.39, 0.29) is 5.91 Å². The highest BCUT2D eigenvalue weighted by molar-refractivity contribution is 5.94. The van der Waals surface area contributed by atoms with E-state index in [1.54, 1.807) is 18.3 Å². The van der Waals surface area contributed by atoms with Gasteiger partial charge in [-0.1, -0.05) is 24.3 Å². The molecule has 0 unspecified atom stereocenters. The van der Waals surface area contributed by atoms with Crippen LogP contribution in [0.25, 0.3) is 16.5 Å². The van der Waals surface area contributed by atoms with E-state index in [1.165, 1.54) is 4.90 Å². The molecule has 7 nitrogen and oxygen atoms in total. The molecule has 2 aromatic carbocycles. The number of H-pyrrole nitrogens is 1. The smallest absolute Gasteiger partial charge is 0.407 e. The average molecular weight is 414 g/mol. The first kappa shape index (κ1) is 20.2. The summed E-state index contributed by atoms with van der Waals surface area (Å²) in [5, 5.41) is 22.0. The van der Waals surface area contributed by atoms with Crippen LogP contribution >= 0.6 is 0 Å². The van der Waals surface area contributed by atoms with Crippen LogP contribution in [0.1, 0.15) is 33.5 Å². The van der Waals surface area contributed by atoms with Crippen molar-refractivity contribution in [1.82, 2.24) is 15.2 Å². The van der Waals surface area contributed by atoms with Crippen LogP contribution in [0.3, 0.4) is 0 Å². The number of fused-ring (bicyclic) bond motifs is 1. The van der Waals surface area contributed by atoms with Crippen LogP contribution in [-0.2, 0) is 6.42 Å². The minimum absolute atomic E-state index is 0.137. The largest absolute Gasteiger partial charge is 0.465 e. The maximum atomic E-state index is 12.5. The molecule has 0 saturated carbocycles. The van der Waals surface area contributed by atoms with E-state index in [1.807, 2.05) is 36.4 Å². The molecule has 0 aliphatic carbocycles. The molecule has 3 N–H and O–H groups in total. The van der Waals surface area contributed by atoms with Gasteiger partial charge in [-0.3, -0.25) is 4.79 Å². The number of hydrogen-bond donors (Lipinski definition) is 3. The van der Waals surface area contributed by atoms with Crippen molar-refractivity contribution in [1.29, 1.82) is 5.26 Å². The first-order valence-corrected chi connectivity index (χ1v) is 10.1. The van der Waals surface area contributed by atoms with Crippen LogP contribution in [0.4, 0.5) is 4.79 Å². The SMILES string of the molecule is N#Cc1c[nH]c2ccc(CCNC(=O)c3ccc(C4=CCN(C(=O)O)CC4)cc3)cc12. The van der Waals surface area contributed by atoms with Crippen LogP contribution in [0, 0.1) is 11.3 Å². The van der Waals surface area contributed by atoms with E-state index in [0.717, 1.165) is 27.6 Å². The molecule has 1 aliphatic heterocycles. The van der Waals surface area contributed by atoms with Gasteiger partial charge in [0.1, 0.15) is 6.07 Å². The van der Waals surface area contributed by atoms with Gasteiger partial charge in [0.25, 0.3) is 5.91 Å². The minimum atomic E-state index is -0.902. The Kier molecular flexibility index (Phi) is 5.72. The van der Waals surface area contributed by atoms with Gasteiger partial charge in [-0.25, -0.2) is 4.79 Å². The molecule has 1 aliphatic rings. The molecule has 4 rings (SSSR count). The molecule has 156 valence electrons. The highest BCUT2D eigenvalue weighted by Gasteiger charge is 2.17. The summed E-state index contributed by atoms with van der Waals surface area (Å²) in [6, 6.07) is 15.5. The third-order valence-corrected chi connectivity index (χ3v) is 5.56. The molecule has 2 heterocycles. The quantitative estimate of drug-likeness (QED) is 0.590. The Balaban J connectivity index is 1.33. The van der Waals surface area contributed by atoms with E-state index in [4.69, 9.17) is 5.11 Å². The van der Waals surface area contributed by atoms with Gasteiger partial charge in [-0.05, 0) is 53.8 Å². The summed E-state index contributed by atoms with van der Waals surface area (Å²) in [5.74, 6) is -0.137. The number of nitrogens with zero attached hydrogens (tertiary/aromatic N) is 2. The maximum Gasteiger partial charge on any atom is 0.407 e. The fourth-order valence-corrected chi connectivity index (χ4v) is 3.78. The number of benzene rings is 2. The van der Waals surface area contributed by atoms with E-state index in [0.29, 0.717) is 43.6 Å². The van der Waals surface area contributed by atoms with Gasteiger partial charge in [-0.15, -0.1) is 0 Å². The third kappa shape index (κ3) is 4.43. The molecule has 0 spiro atoms. The molecule has 7 heteroatoms. The summed E-state index contributed by atoms with van der Waals surface area (Å²) in [4.78, 5) is 27.9. The van der Waals surface area contributed by atoms with Gasteiger partial charge in [0.15, 0.2) is 0 Å². The summed E-state index contributed by atoms with van der Waals surface area (Å²) in [6.07, 6.45) is 4.05. The third-order valence-electron chi connectivity index (χ3n) is 5.56. The number of nitrogens with one attached hydrogen (secondary N) is 2. The fourth-order valence-electron chi connectivity index (χ4n) is 3.78. The van der Waals surface area contributed by atoms with Crippen LogP contribution in [0.2, 0.25) is 0 Å². The first-order valence-electron chi connectivity index (χ1n) is 10.1. The van der Waals surface area contributed by atoms with Crippen LogP contribution in [0.5, 0.6) is 0 Å². The summed E-state index contributed by atoms with van der Waals surface area (Å²) in [6.45, 7) is 1.36. The van der Waals surface area contributed by atoms with Gasteiger partial charge < -0.3 is 20.3 Å². The zero-order valence-electron chi connectivity index (χ0n) is 16.9. The Morgan fingerprint density at radius 2 is 2.00 bits per heavy atom. The second-order valence-electron chi connectivity index (χ2n) is 7.49. The normalized spacial score (nSPS) is 13.5. The van der Waals surface area contributed by atoms with Crippen molar-refractivity contribution in [3.63, 3.8) is 0 Å². The molecule has 31 heavy (non-hydrogen) atoms.